The van der Waals surface area contributed by atoms with Gasteiger partial charge in [0.05, 0.1) is 0 Å². The molecule has 1 rings (SSSR count). The number of aromatic hydroxyl groups is 1. The normalized spacial score (nSPS) is 14.8. The maximum Gasteiger partial charge on any atom is 0.118 e. The molecule has 0 fully saturated rings. The first-order valence-electron chi connectivity index (χ1n) is 4.67. The van der Waals surface area contributed by atoms with Crippen LogP contribution in [0.2, 0.25) is 0 Å². The summed E-state index contributed by atoms with van der Waals surface area (Å²) in [5, 5.41) is 9.38. The van der Waals surface area contributed by atoms with Crippen LogP contribution >= 0.6 is 0 Å². The van der Waals surface area contributed by atoms with Gasteiger partial charge in [0, 0.05) is 5.54 Å². The zero-order valence-electron chi connectivity index (χ0n) is 8.75. The first-order chi connectivity index (χ1) is 6.47. The molecule has 0 spiro atoms. The number of aryl methyl sites for hydroxylation is 1. The van der Waals surface area contributed by atoms with Gasteiger partial charge in [-0.25, -0.2) is 0 Å². The van der Waals surface area contributed by atoms with Gasteiger partial charge in [0.1, 0.15) is 5.75 Å². The number of benzene rings is 1. The Hall–Kier alpha value is -1.28. The molecule has 2 heteroatoms. The van der Waals surface area contributed by atoms with Crippen LogP contribution in [-0.4, -0.2) is 5.11 Å². The van der Waals surface area contributed by atoms with Gasteiger partial charge >= 0.3 is 0 Å². The Morgan fingerprint density at radius 2 is 2.21 bits per heavy atom. The molecule has 0 aromatic heterocycles. The minimum absolute atomic E-state index is 0.308. The lowest BCUT2D eigenvalue weighted by Gasteiger charge is -2.24. The molecule has 0 aliphatic carbocycles. The van der Waals surface area contributed by atoms with E-state index in [1.807, 2.05) is 32.1 Å². The lowest BCUT2D eigenvalue weighted by Crippen LogP contribution is -2.32. The van der Waals surface area contributed by atoms with Crippen LogP contribution in [0.3, 0.4) is 0 Å². The Bertz CT molecular complexity index is 342. The van der Waals surface area contributed by atoms with Crippen molar-refractivity contribution in [3.8, 4) is 5.75 Å². The summed E-state index contributed by atoms with van der Waals surface area (Å²) in [6.07, 6.45) is 2.53. The van der Waals surface area contributed by atoms with Crippen molar-refractivity contribution in [2.24, 2.45) is 5.73 Å². The third-order valence-corrected chi connectivity index (χ3v) is 2.42. The van der Waals surface area contributed by atoms with E-state index in [1.165, 1.54) is 0 Å². The van der Waals surface area contributed by atoms with Crippen molar-refractivity contribution in [2.45, 2.75) is 25.8 Å². The molecule has 76 valence electrons. The molecular formula is C12H17NO. The summed E-state index contributed by atoms with van der Waals surface area (Å²) in [6.45, 7) is 7.50. The van der Waals surface area contributed by atoms with Gasteiger partial charge in [-0.05, 0) is 37.5 Å². The first-order valence-corrected chi connectivity index (χ1v) is 4.67. The van der Waals surface area contributed by atoms with Crippen LogP contribution in [-0.2, 0) is 5.54 Å². The largest absolute Gasteiger partial charge is 0.508 e. The van der Waals surface area contributed by atoms with E-state index in [2.05, 4.69) is 6.58 Å². The van der Waals surface area contributed by atoms with Crippen LogP contribution in [0.1, 0.15) is 24.5 Å². The molecule has 0 saturated carbocycles. The SMILES string of the molecule is C=CC[C@@](C)(N)c1ccc(O)c(C)c1. The van der Waals surface area contributed by atoms with Gasteiger partial charge in [0.2, 0.25) is 0 Å². The predicted octanol–water partition coefficient (Wildman–Crippen LogP) is 2.45. The van der Waals surface area contributed by atoms with E-state index in [4.69, 9.17) is 5.73 Å². The topological polar surface area (TPSA) is 46.2 Å². The molecule has 14 heavy (non-hydrogen) atoms. The lowest BCUT2D eigenvalue weighted by atomic mass is 9.89. The molecule has 0 aliphatic heterocycles. The van der Waals surface area contributed by atoms with E-state index < -0.39 is 5.54 Å². The third-order valence-electron chi connectivity index (χ3n) is 2.42. The van der Waals surface area contributed by atoms with Crippen LogP contribution in [0.15, 0.2) is 30.9 Å². The van der Waals surface area contributed by atoms with Gasteiger partial charge in [0.15, 0.2) is 0 Å². The predicted molar refractivity (Wildman–Crippen MR) is 59.2 cm³/mol. The highest BCUT2D eigenvalue weighted by Crippen LogP contribution is 2.26. The van der Waals surface area contributed by atoms with Gasteiger partial charge in [0.25, 0.3) is 0 Å². The van der Waals surface area contributed by atoms with Gasteiger partial charge in [-0.15, -0.1) is 6.58 Å². The Kier molecular flexibility index (Phi) is 2.96. The Labute approximate surface area is 85.1 Å². The van der Waals surface area contributed by atoms with Crippen LogP contribution in [0.5, 0.6) is 5.75 Å². The molecule has 0 heterocycles. The van der Waals surface area contributed by atoms with Crippen LogP contribution in [0.4, 0.5) is 0 Å². The fourth-order valence-electron chi connectivity index (χ4n) is 1.43. The van der Waals surface area contributed by atoms with E-state index in [9.17, 15) is 5.11 Å². The summed E-state index contributed by atoms with van der Waals surface area (Å²) in [7, 11) is 0. The number of hydrogen-bond donors (Lipinski definition) is 2. The van der Waals surface area contributed by atoms with E-state index in [1.54, 1.807) is 6.07 Å². The van der Waals surface area contributed by atoms with E-state index in [-0.39, 0.29) is 0 Å². The van der Waals surface area contributed by atoms with Gasteiger partial charge in [-0.1, -0.05) is 18.2 Å². The fraction of sp³-hybridized carbons (Fsp3) is 0.333. The monoisotopic (exact) mass is 191 g/mol. The van der Waals surface area contributed by atoms with Crippen molar-refractivity contribution in [2.75, 3.05) is 0 Å². The second-order valence-electron chi connectivity index (χ2n) is 3.91. The van der Waals surface area contributed by atoms with Gasteiger partial charge < -0.3 is 10.8 Å². The molecule has 0 saturated heterocycles. The van der Waals surface area contributed by atoms with Crippen LogP contribution in [0.25, 0.3) is 0 Å². The van der Waals surface area contributed by atoms with E-state index >= 15 is 0 Å². The average molecular weight is 191 g/mol. The zero-order chi connectivity index (χ0) is 10.8. The molecule has 3 N–H and O–H groups in total. The molecule has 0 amide bonds. The Morgan fingerprint density at radius 3 is 2.71 bits per heavy atom. The third kappa shape index (κ3) is 2.15. The first kappa shape index (κ1) is 10.8. The molecule has 1 aromatic rings. The summed E-state index contributed by atoms with van der Waals surface area (Å²) in [6, 6.07) is 5.45. The molecule has 0 unspecified atom stereocenters. The number of phenols is 1. The number of rotatable bonds is 3. The summed E-state index contributed by atoms with van der Waals surface area (Å²) in [5.41, 5.74) is 7.58. The van der Waals surface area contributed by atoms with Crippen molar-refractivity contribution >= 4 is 0 Å². The lowest BCUT2D eigenvalue weighted by molar-refractivity contribution is 0.466. The van der Waals surface area contributed by atoms with Gasteiger partial charge in [-0.2, -0.15) is 0 Å². The molecule has 2 nitrogen and oxygen atoms in total. The zero-order valence-corrected chi connectivity index (χ0v) is 8.75. The number of hydrogen-bond acceptors (Lipinski definition) is 2. The summed E-state index contributed by atoms with van der Waals surface area (Å²) >= 11 is 0. The van der Waals surface area contributed by atoms with E-state index in [0.717, 1.165) is 17.5 Å². The smallest absolute Gasteiger partial charge is 0.118 e. The van der Waals surface area contributed by atoms with Crippen molar-refractivity contribution in [1.82, 2.24) is 0 Å². The second-order valence-corrected chi connectivity index (χ2v) is 3.91. The van der Waals surface area contributed by atoms with Gasteiger partial charge in [-0.3, -0.25) is 0 Å². The van der Waals surface area contributed by atoms with Crippen molar-refractivity contribution in [1.29, 1.82) is 0 Å². The fourth-order valence-corrected chi connectivity index (χ4v) is 1.43. The molecule has 0 radical (unpaired) electrons. The second kappa shape index (κ2) is 3.84. The Balaban J connectivity index is 3.07. The quantitative estimate of drug-likeness (QED) is 0.721. The molecule has 0 bridgehead atoms. The molecular weight excluding hydrogens is 174 g/mol. The summed E-state index contributed by atoms with van der Waals surface area (Å²) in [5.74, 6) is 0.308. The highest BCUT2D eigenvalue weighted by atomic mass is 16.3. The standard InChI is InChI=1S/C12H17NO/c1-4-7-12(3,13)10-5-6-11(14)9(2)8-10/h4-6,8,14H,1,7,13H2,2-3H3/t12-/m1/s1. The minimum Gasteiger partial charge on any atom is -0.508 e. The minimum atomic E-state index is -0.403. The van der Waals surface area contributed by atoms with Crippen LogP contribution < -0.4 is 5.73 Å². The van der Waals surface area contributed by atoms with Crippen molar-refractivity contribution < 1.29 is 5.11 Å². The van der Waals surface area contributed by atoms with Crippen LogP contribution in [0, 0.1) is 6.92 Å². The molecule has 0 aliphatic rings. The maximum atomic E-state index is 9.38. The highest BCUT2D eigenvalue weighted by Gasteiger charge is 2.19. The highest BCUT2D eigenvalue weighted by molar-refractivity contribution is 5.37. The molecule has 1 atom stereocenters. The summed E-state index contributed by atoms with van der Waals surface area (Å²) < 4.78 is 0. The van der Waals surface area contributed by atoms with Crippen molar-refractivity contribution in [3.63, 3.8) is 0 Å². The number of nitrogens with two attached hydrogens (primary N) is 1. The number of phenolic OH excluding ortho intramolecular Hbond substituents is 1. The molecule has 1 aromatic carbocycles. The average Bonchev–Trinajstić information content (AvgIpc) is 2.09. The van der Waals surface area contributed by atoms with E-state index in [0.29, 0.717) is 5.75 Å². The Morgan fingerprint density at radius 1 is 1.57 bits per heavy atom. The summed E-state index contributed by atoms with van der Waals surface area (Å²) in [4.78, 5) is 0. The van der Waals surface area contributed by atoms with Crippen molar-refractivity contribution in [3.05, 3.63) is 42.0 Å². The maximum absolute atomic E-state index is 9.38.